The summed E-state index contributed by atoms with van der Waals surface area (Å²) in [6.45, 7) is 4.49. The Morgan fingerprint density at radius 2 is 2.00 bits per heavy atom. The number of imidazole rings is 1. The molecule has 1 unspecified atom stereocenters. The van der Waals surface area contributed by atoms with Crippen LogP contribution in [0.15, 0.2) is 40.1 Å². The highest BCUT2D eigenvalue weighted by Crippen LogP contribution is 2.23. The summed E-state index contributed by atoms with van der Waals surface area (Å²) in [5.74, 6) is 5.76. The monoisotopic (exact) mass is 530 g/mol. The van der Waals surface area contributed by atoms with Crippen LogP contribution in [0.4, 0.5) is 5.95 Å². The van der Waals surface area contributed by atoms with E-state index in [0.717, 1.165) is 17.4 Å². The van der Waals surface area contributed by atoms with E-state index in [1.807, 2.05) is 11.0 Å². The number of aromatic nitrogens is 6. The first-order chi connectivity index (χ1) is 18.9. The summed E-state index contributed by atoms with van der Waals surface area (Å²) in [5, 5.41) is 0. The van der Waals surface area contributed by atoms with Crippen LogP contribution in [0, 0.1) is 11.8 Å². The van der Waals surface area contributed by atoms with Crippen molar-refractivity contribution < 1.29 is 9.53 Å². The molecule has 4 aromatic rings. The third-order valence-electron chi connectivity index (χ3n) is 6.68. The second-order valence-electron chi connectivity index (χ2n) is 9.35. The van der Waals surface area contributed by atoms with E-state index < -0.39 is 23.8 Å². The number of esters is 1. The van der Waals surface area contributed by atoms with Gasteiger partial charge >= 0.3 is 11.7 Å². The van der Waals surface area contributed by atoms with Gasteiger partial charge in [-0.05, 0) is 51.0 Å². The fourth-order valence-electron chi connectivity index (χ4n) is 4.89. The van der Waals surface area contributed by atoms with Gasteiger partial charge in [-0.15, -0.1) is 5.92 Å². The summed E-state index contributed by atoms with van der Waals surface area (Å²) in [5.41, 5.74) is 7.15. The van der Waals surface area contributed by atoms with Gasteiger partial charge in [-0.3, -0.25) is 28.3 Å². The van der Waals surface area contributed by atoms with Crippen LogP contribution in [0.2, 0.25) is 0 Å². The minimum atomic E-state index is -0.679. The molecule has 2 N–H and O–H groups in total. The molecule has 0 aromatic carbocycles. The van der Waals surface area contributed by atoms with Gasteiger partial charge in [0, 0.05) is 25.3 Å². The van der Waals surface area contributed by atoms with Gasteiger partial charge in [0.1, 0.15) is 6.54 Å². The zero-order chi connectivity index (χ0) is 27.5. The first-order valence-corrected chi connectivity index (χ1v) is 12.9. The van der Waals surface area contributed by atoms with Crippen LogP contribution in [0.25, 0.3) is 22.2 Å². The predicted molar refractivity (Wildman–Crippen MR) is 146 cm³/mol. The number of nitrogens with two attached hydrogens (primary N) is 1. The van der Waals surface area contributed by atoms with Crippen molar-refractivity contribution >= 4 is 34.1 Å². The molecule has 1 aliphatic rings. The van der Waals surface area contributed by atoms with Crippen molar-refractivity contribution in [2.75, 3.05) is 24.6 Å². The maximum absolute atomic E-state index is 14.0. The number of hydrogen-bond acceptors (Lipinski definition) is 9. The van der Waals surface area contributed by atoms with Crippen molar-refractivity contribution in [2.45, 2.75) is 52.4 Å². The van der Waals surface area contributed by atoms with Crippen molar-refractivity contribution in [1.29, 1.82) is 0 Å². The molecule has 0 radical (unpaired) electrons. The predicted octanol–water partition coefficient (Wildman–Crippen LogP) is 0.865. The highest BCUT2D eigenvalue weighted by Gasteiger charge is 2.27. The molecule has 202 valence electrons. The molecular formula is C27H30N8O4. The first kappa shape index (κ1) is 26.1. The molecular weight excluding hydrogens is 500 g/mol. The fourth-order valence-corrected chi connectivity index (χ4v) is 4.89. The van der Waals surface area contributed by atoms with E-state index in [9.17, 15) is 14.4 Å². The van der Waals surface area contributed by atoms with Gasteiger partial charge < -0.3 is 15.4 Å². The third kappa shape index (κ3) is 5.13. The van der Waals surface area contributed by atoms with E-state index >= 15 is 0 Å². The number of pyridine rings is 2. The number of nitrogens with zero attached hydrogens (tertiary/aromatic N) is 7. The summed E-state index contributed by atoms with van der Waals surface area (Å²) in [4.78, 5) is 55.8. The van der Waals surface area contributed by atoms with E-state index in [1.54, 1.807) is 42.8 Å². The van der Waals surface area contributed by atoms with Gasteiger partial charge in [0.15, 0.2) is 11.2 Å². The molecule has 5 heterocycles. The largest absolute Gasteiger partial charge is 0.465 e. The number of carbonyl (C=O) groups excluding carboxylic acids is 1. The van der Waals surface area contributed by atoms with E-state index in [-0.39, 0.29) is 36.9 Å². The van der Waals surface area contributed by atoms with E-state index in [1.165, 1.54) is 4.57 Å². The van der Waals surface area contributed by atoms with Crippen molar-refractivity contribution in [2.24, 2.45) is 5.73 Å². The van der Waals surface area contributed by atoms with Gasteiger partial charge in [-0.1, -0.05) is 5.92 Å². The molecule has 0 aliphatic carbocycles. The molecule has 0 saturated carbocycles. The van der Waals surface area contributed by atoms with Crippen LogP contribution in [0.3, 0.4) is 0 Å². The molecule has 5 rings (SSSR count). The lowest BCUT2D eigenvalue weighted by atomic mass is 10.1. The second kappa shape index (κ2) is 11.1. The van der Waals surface area contributed by atoms with Crippen molar-refractivity contribution in [3.05, 3.63) is 57.0 Å². The Morgan fingerprint density at radius 1 is 1.15 bits per heavy atom. The lowest BCUT2D eigenvalue weighted by molar-refractivity contribution is -0.143. The van der Waals surface area contributed by atoms with Crippen molar-refractivity contribution in [1.82, 2.24) is 28.7 Å². The highest BCUT2D eigenvalue weighted by atomic mass is 16.5. The quantitative estimate of drug-likeness (QED) is 0.272. The van der Waals surface area contributed by atoms with Crippen LogP contribution in [-0.4, -0.2) is 60.4 Å². The number of fused-ring (bicyclic) bond motifs is 2. The summed E-state index contributed by atoms with van der Waals surface area (Å²) >= 11 is 0. The average molecular weight is 531 g/mol. The Kier molecular flexibility index (Phi) is 7.42. The molecule has 0 bridgehead atoms. The van der Waals surface area contributed by atoms with Crippen molar-refractivity contribution in [3.8, 4) is 11.8 Å². The van der Waals surface area contributed by atoms with Gasteiger partial charge in [-0.2, -0.15) is 4.98 Å². The molecule has 1 atom stereocenters. The highest BCUT2D eigenvalue weighted by molar-refractivity contribution is 5.78. The van der Waals surface area contributed by atoms with Crippen LogP contribution >= 0.6 is 0 Å². The minimum absolute atomic E-state index is 0.0453. The molecule has 0 amide bonds. The topological polar surface area (TPSA) is 143 Å². The lowest BCUT2D eigenvalue weighted by Gasteiger charge is -2.31. The number of hydrogen-bond donors (Lipinski definition) is 1. The van der Waals surface area contributed by atoms with Gasteiger partial charge in [0.2, 0.25) is 5.95 Å². The van der Waals surface area contributed by atoms with Gasteiger partial charge in [0.25, 0.3) is 5.56 Å². The zero-order valence-electron chi connectivity index (χ0n) is 22.0. The van der Waals surface area contributed by atoms with E-state index in [4.69, 9.17) is 15.5 Å². The Labute approximate surface area is 224 Å². The normalized spacial score (nSPS) is 15.4. The third-order valence-corrected chi connectivity index (χ3v) is 6.68. The molecule has 1 fully saturated rings. The summed E-state index contributed by atoms with van der Waals surface area (Å²) in [6, 6.07) is 7.05. The van der Waals surface area contributed by atoms with Gasteiger partial charge in [-0.25, -0.2) is 9.78 Å². The maximum Gasteiger partial charge on any atom is 0.333 e. The molecule has 1 saturated heterocycles. The van der Waals surface area contributed by atoms with Crippen LogP contribution < -0.4 is 21.9 Å². The van der Waals surface area contributed by atoms with Crippen LogP contribution in [0.5, 0.6) is 0 Å². The standard InChI is InChI=1S/C27H30N8O4/c1-3-5-14-33-23-24(31-26(33)32-13-7-8-18(28)15-32)34(17-22(36)39-4-2)27(38)35(25(23)37)16-19-10-11-20-21(30-19)9-6-12-29-20/h6,9-12,18H,4,7-8,13-17,28H2,1-2H3. The van der Waals surface area contributed by atoms with E-state index in [0.29, 0.717) is 35.8 Å². The number of anilines is 1. The van der Waals surface area contributed by atoms with Crippen LogP contribution in [-0.2, 0) is 29.2 Å². The Bertz CT molecular complexity index is 1730. The molecule has 12 nitrogen and oxygen atoms in total. The molecule has 0 spiro atoms. The summed E-state index contributed by atoms with van der Waals surface area (Å²) in [7, 11) is 0. The Balaban J connectivity index is 1.73. The smallest absolute Gasteiger partial charge is 0.333 e. The first-order valence-electron chi connectivity index (χ1n) is 12.9. The Hall–Kier alpha value is -4.50. The second-order valence-corrected chi connectivity index (χ2v) is 9.35. The molecule has 4 aromatic heterocycles. The SMILES string of the molecule is CC#CCn1c(N2CCCC(N)C2)nc2c1c(=O)n(Cc1ccc3ncccc3n1)c(=O)n2CC(=O)OCC. The average Bonchev–Trinajstić information content (AvgIpc) is 3.32. The summed E-state index contributed by atoms with van der Waals surface area (Å²) in [6.07, 6.45) is 3.43. The van der Waals surface area contributed by atoms with Gasteiger partial charge in [0.05, 0.1) is 36.4 Å². The molecule has 12 heteroatoms. The maximum atomic E-state index is 14.0. The summed E-state index contributed by atoms with van der Waals surface area (Å²) < 4.78 is 9.11. The molecule has 1 aliphatic heterocycles. The minimum Gasteiger partial charge on any atom is -0.465 e. The lowest BCUT2D eigenvalue weighted by Crippen LogP contribution is -2.44. The number of ether oxygens (including phenoxy) is 1. The van der Waals surface area contributed by atoms with Crippen LogP contribution in [0.1, 0.15) is 32.4 Å². The fraction of sp³-hybridized carbons (Fsp3) is 0.407. The number of carbonyl (C=O) groups is 1. The molecule has 39 heavy (non-hydrogen) atoms. The van der Waals surface area contributed by atoms with Crippen molar-refractivity contribution in [3.63, 3.8) is 0 Å². The zero-order valence-corrected chi connectivity index (χ0v) is 22.0. The number of rotatable bonds is 7. The Morgan fingerprint density at radius 3 is 2.77 bits per heavy atom. The van der Waals surface area contributed by atoms with E-state index in [2.05, 4.69) is 21.8 Å². The number of piperidine rings is 1.